The molecule has 0 bridgehead atoms. The highest BCUT2D eigenvalue weighted by molar-refractivity contribution is 6.11. The number of pyridine rings is 1. The molecule has 0 N–H and O–H groups in total. The number of fused-ring (bicyclic) bond motifs is 6. The Labute approximate surface area is 259 Å². The number of para-hydroxylation sites is 4. The van der Waals surface area contributed by atoms with E-state index < -0.39 is 0 Å². The van der Waals surface area contributed by atoms with Crippen LogP contribution in [0.4, 0.5) is 17.1 Å². The van der Waals surface area contributed by atoms with E-state index in [2.05, 4.69) is 141 Å². The van der Waals surface area contributed by atoms with Crippen LogP contribution in [0.3, 0.4) is 0 Å². The SMILES string of the molecule is c1ccc(N(c2ccccc2)c2cccc(-n3c4cccnc4c4nc5c6ccccc6n(-c6ccccc6)c5nc43)c2)cc1. The van der Waals surface area contributed by atoms with Crippen molar-refractivity contribution in [3.05, 3.63) is 158 Å². The van der Waals surface area contributed by atoms with E-state index in [1.807, 2.05) is 30.5 Å². The van der Waals surface area contributed by atoms with Crippen molar-refractivity contribution in [2.75, 3.05) is 4.90 Å². The van der Waals surface area contributed by atoms with E-state index in [0.29, 0.717) is 0 Å². The molecule has 0 fully saturated rings. The van der Waals surface area contributed by atoms with Crippen LogP contribution in [0.25, 0.3) is 55.6 Å². The van der Waals surface area contributed by atoms with Gasteiger partial charge in [0.15, 0.2) is 11.3 Å². The molecular weight excluding hydrogens is 552 g/mol. The monoisotopic (exact) mass is 578 g/mol. The Morgan fingerprint density at radius 2 is 1.00 bits per heavy atom. The van der Waals surface area contributed by atoms with Gasteiger partial charge >= 0.3 is 0 Å². The lowest BCUT2D eigenvalue weighted by Gasteiger charge is -2.26. The molecule has 9 aromatic rings. The molecule has 6 nitrogen and oxygen atoms in total. The van der Waals surface area contributed by atoms with Crippen molar-refractivity contribution >= 4 is 61.3 Å². The average Bonchev–Trinajstić information content (AvgIpc) is 3.61. The van der Waals surface area contributed by atoms with Crippen molar-refractivity contribution in [3.8, 4) is 11.4 Å². The van der Waals surface area contributed by atoms with Gasteiger partial charge in [-0.2, -0.15) is 0 Å². The van der Waals surface area contributed by atoms with E-state index in [0.717, 1.165) is 72.7 Å². The largest absolute Gasteiger partial charge is 0.310 e. The van der Waals surface area contributed by atoms with Crippen LogP contribution in [-0.4, -0.2) is 24.1 Å². The predicted octanol–water partition coefficient (Wildman–Crippen LogP) is 9.54. The van der Waals surface area contributed by atoms with Crippen LogP contribution in [0.1, 0.15) is 0 Å². The second-order valence-electron chi connectivity index (χ2n) is 11.0. The highest BCUT2D eigenvalue weighted by Gasteiger charge is 2.22. The smallest absolute Gasteiger partial charge is 0.168 e. The van der Waals surface area contributed by atoms with Crippen molar-refractivity contribution < 1.29 is 0 Å². The molecule has 0 saturated carbocycles. The van der Waals surface area contributed by atoms with Gasteiger partial charge in [0.05, 0.1) is 11.0 Å². The lowest BCUT2D eigenvalue weighted by molar-refractivity contribution is 1.10. The Balaban J connectivity index is 1.34. The first kappa shape index (κ1) is 25.2. The highest BCUT2D eigenvalue weighted by Crippen LogP contribution is 2.38. The van der Waals surface area contributed by atoms with E-state index in [-0.39, 0.29) is 0 Å². The summed E-state index contributed by atoms with van der Waals surface area (Å²) in [6.07, 6.45) is 1.83. The lowest BCUT2D eigenvalue weighted by atomic mass is 10.2. The van der Waals surface area contributed by atoms with Gasteiger partial charge in [0.25, 0.3) is 0 Å². The fourth-order valence-corrected chi connectivity index (χ4v) is 6.40. The summed E-state index contributed by atoms with van der Waals surface area (Å²) < 4.78 is 4.39. The first-order chi connectivity index (χ1) is 22.3. The summed E-state index contributed by atoms with van der Waals surface area (Å²) in [7, 11) is 0. The molecule has 212 valence electrons. The Kier molecular flexibility index (Phi) is 5.71. The van der Waals surface area contributed by atoms with Crippen LogP contribution in [-0.2, 0) is 0 Å². The van der Waals surface area contributed by atoms with Crippen LogP contribution in [0.15, 0.2) is 158 Å². The number of hydrogen-bond acceptors (Lipinski definition) is 4. The number of rotatable bonds is 5. The fraction of sp³-hybridized carbons (Fsp3) is 0. The van der Waals surface area contributed by atoms with E-state index in [9.17, 15) is 0 Å². The van der Waals surface area contributed by atoms with Gasteiger partial charge < -0.3 is 4.90 Å². The minimum absolute atomic E-state index is 0.763. The van der Waals surface area contributed by atoms with Crippen LogP contribution >= 0.6 is 0 Å². The molecule has 6 heteroatoms. The summed E-state index contributed by atoms with van der Waals surface area (Å²) in [5.41, 5.74) is 11.3. The first-order valence-electron chi connectivity index (χ1n) is 15.0. The fourth-order valence-electron chi connectivity index (χ4n) is 6.40. The van der Waals surface area contributed by atoms with Gasteiger partial charge in [-0.25, -0.2) is 9.97 Å². The number of hydrogen-bond donors (Lipinski definition) is 0. The molecule has 0 aliphatic rings. The third-order valence-electron chi connectivity index (χ3n) is 8.32. The number of anilines is 3. The summed E-state index contributed by atoms with van der Waals surface area (Å²) in [5.74, 6) is 0. The molecule has 0 aliphatic carbocycles. The molecule has 9 rings (SSSR count). The molecule has 0 unspecified atom stereocenters. The van der Waals surface area contributed by atoms with Gasteiger partial charge in [-0.05, 0) is 72.8 Å². The maximum atomic E-state index is 5.41. The topological polar surface area (TPSA) is 51.8 Å². The summed E-state index contributed by atoms with van der Waals surface area (Å²) >= 11 is 0. The molecular formula is C39H26N6. The molecule has 0 spiro atoms. The van der Waals surface area contributed by atoms with Crippen LogP contribution < -0.4 is 4.90 Å². The van der Waals surface area contributed by atoms with Crippen molar-refractivity contribution in [2.45, 2.75) is 0 Å². The second kappa shape index (κ2) is 10.2. The molecule has 0 aliphatic heterocycles. The number of aromatic nitrogens is 5. The third kappa shape index (κ3) is 4.00. The Hall–Kier alpha value is -6.27. The quantitative estimate of drug-likeness (QED) is 0.204. The molecule has 0 atom stereocenters. The van der Waals surface area contributed by atoms with Gasteiger partial charge in [0.1, 0.15) is 16.6 Å². The zero-order valence-corrected chi connectivity index (χ0v) is 24.2. The predicted molar refractivity (Wildman–Crippen MR) is 183 cm³/mol. The lowest BCUT2D eigenvalue weighted by Crippen LogP contribution is -2.10. The first-order valence-corrected chi connectivity index (χ1v) is 15.0. The van der Waals surface area contributed by atoms with Crippen LogP contribution in [0.2, 0.25) is 0 Å². The van der Waals surface area contributed by atoms with Crippen LogP contribution in [0.5, 0.6) is 0 Å². The second-order valence-corrected chi connectivity index (χ2v) is 11.0. The standard InChI is InChI=1S/C39H26N6/c1-4-14-27(15-5-1)43(28-16-6-2-7-17-28)30-20-12-21-31(26-30)45-34-24-13-25-40-36(34)37-39(45)42-38-35(41-37)32-22-10-11-23-33(32)44(38)29-18-8-3-9-19-29/h1-26H. The average molecular weight is 579 g/mol. The van der Waals surface area contributed by atoms with Gasteiger partial charge in [-0.3, -0.25) is 14.1 Å². The van der Waals surface area contributed by atoms with Crippen molar-refractivity contribution in [2.24, 2.45) is 0 Å². The summed E-state index contributed by atoms with van der Waals surface area (Å²) in [4.78, 5) is 17.8. The van der Waals surface area contributed by atoms with E-state index in [1.54, 1.807) is 0 Å². The molecule has 45 heavy (non-hydrogen) atoms. The molecule has 0 radical (unpaired) electrons. The van der Waals surface area contributed by atoms with Crippen molar-refractivity contribution in [3.63, 3.8) is 0 Å². The normalized spacial score (nSPS) is 11.6. The zero-order chi connectivity index (χ0) is 29.7. The Morgan fingerprint density at radius 3 is 1.76 bits per heavy atom. The maximum Gasteiger partial charge on any atom is 0.168 e. The van der Waals surface area contributed by atoms with Gasteiger partial charge in [-0.1, -0.05) is 78.9 Å². The highest BCUT2D eigenvalue weighted by atomic mass is 15.2. The molecule has 5 aromatic carbocycles. The molecule has 0 saturated heterocycles. The van der Waals surface area contributed by atoms with Gasteiger partial charge in [-0.15, -0.1) is 0 Å². The third-order valence-corrected chi connectivity index (χ3v) is 8.32. The van der Waals surface area contributed by atoms with Gasteiger partial charge in [0.2, 0.25) is 0 Å². The Morgan fingerprint density at radius 1 is 0.422 bits per heavy atom. The molecule has 4 heterocycles. The minimum atomic E-state index is 0.763. The Bertz CT molecular complexity index is 2440. The molecule has 4 aromatic heterocycles. The number of benzene rings is 5. The minimum Gasteiger partial charge on any atom is -0.310 e. The maximum absolute atomic E-state index is 5.41. The summed E-state index contributed by atoms with van der Waals surface area (Å²) in [6.45, 7) is 0. The van der Waals surface area contributed by atoms with E-state index >= 15 is 0 Å². The number of nitrogens with zero attached hydrogens (tertiary/aromatic N) is 6. The van der Waals surface area contributed by atoms with Crippen molar-refractivity contribution in [1.29, 1.82) is 0 Å². The van der Waals surface area contributed by atoms with Crippen LogP contribution in [0, 0.1) is 0 Å². The summed E-state index contributed by atoms with van der Waals surface area (Å²) in [6, 6.07) is 52.3. The van der Waals surface area contributed by atoms with Crippen molar-refractivity contribution in [1.82, 2.24) is 24.1 Å². The summed E-state index contributed by atoms with van der Waals surface area (Å²) in [5, 5.41) is 1.06. The van der Waals surface area contributed by atoms with Gasteiger partial charge in [0, 0.05) is 40.0 Å². The molecule has 0 amide bonds. The zero-order valence-electron chi connectivity index (χ0n) is 24.2. The van der Waals surface area contributed by atoms with E-state index in [1.165, 1.54) is 0 Å². The van der Waals surface area contributed by atoms with E-state index in [4.69, 9.17) is 15.0 Å².